The smallest absolute Gasteiger partial charge is 0.206 e. The van der Waals surface area contributed by atoms with Gasteiger partial charge in [0.15, 0.2) is 11.5 Å². The van der Waals surface area contributed by atoms with Crippen LogP contribution in [0.3, 0.4) is 0 Å². The van der Waals surface area contributed by atoms with Crippen molar-refractivity contribution in [1.82, 2.24) is 0 Å². The van der Waals surface area contributed by atoms with Crippen molar-refractivity contribution < 1.29 is 13.9 Å². The summed E-state index contributed by atoms with van der Waals surface area (Å²) in [7, 11) is 2.75. The lowest BCUT2D eigenvalue weighted by Gasteiger charge is -2.10. The van der Waals surface area contributed by atoms with Crippen LogP contribution in [-0.2, 0) is 0 Å². The van der Waals surface area contributed by atoms with Crippen LogP contribution < -0.4 is 9.47 Å². The Morgan fingerprint density at radius 2 is 1.73 bits per heavy atom. The number of nitrogens with zero attached hydrogens (tertiary/aromatic N) is 1. The average Bonchev–Trinajstić information content (AvgIpc) is 2.28. The Bertz CT molecular complexity index is 373. The number of benzene rings is 1. The van der Waals surface area contributed by atoms with Gasteiger partial charge in [-0.25, -0.2) is 0 Å². The van der Waals surface area contributed by atoms with Crippen molar-refractivity contribution in [3.8, 4) is 17.6 Å². The second-order valence-corrected chi connectivity index (χ2v) is 3.09. The number of nitriles is 1. The molecule has 0 aliphatic heterocycles. The van der Waals surface area contributed by atoms with E-state index in [2.05, 4.69) is 6.07 Å². The summed E-state index contributed by atoms with van der Waals surface area (Å²) in [5, 5.41) is 8.76. The summed E-state index contributed by atoms with van der Waals surface area (Å²) < 4.78 is 23.2. The summed E-state index contributed by atoms with van der Waals surface area (Å²) in [5.74, 6) is -0.694. The first kappa shape index (κ1) is 11.3. The zero-order valence-electron chi connectivity index (χ0n) is 8.87. The Balaban J connectivity index is 3.28. The molecule has 1 aromatic rings. The number of rotatable bonds is 3. The second-order valence-electron chi connectivity index (χ2n) is 3.09. The third-order valence-electron chi connectivity index (χ3n) is 2.16. The highest BCUT2D eigenvalue weighted by molar-refractivity contribution is 5.43. The zero-order chi connectivity index (χ0) is 11.4. The van der Waals surface area contributed by atoms with Gasteiger partial charge in [-0.2, -0.15) is 9.65 Å². The fourth-order valence-corrected chi connectivity index (χ4v) is 1.21. The van der Waals surface area contributed by atoms with Crippen LogP contribution in [0.15, 0.2) is 12.1 Å². The molecule has 0 saturated carbocycles. The van der Waals surface area contributed by atoms with Crippen LogP contribution in [0.25, 0.3) is 0 Å². The molecule has 3 nitrogen and oxygen atoms in total. The van der Waals surface area contributed by atoms with E-state index >= 15 is 0 Å². The minimum atomic E-state index is -0.547. The van der Waals surface area contributed by atoms with E-state index in [9.17, 15) is 4.39 Å². The number of methoxy groups -OCH3 is 2. The predicted molar refractivity (Wildman–Crippen MR) is 53.5 cm³/mol. The largest absolute Gasteiger partial charge is 0.494 e. The first-order valence-corrected chi connectivity index (χ1v) is 4.45. The topological polar surface area (TPSA) is 42.2 Å². The van der Waals surface area contributed by atoms with Crippen LogP contribution in [0.5, 0.6) is 11.5 Å². The number of hydrogen-bond donors (Lipinski definition) is 0. The van der Waals surface area contributed by atoms with Crippen LogP contribution in [0.4, 0.5) is 4.39 Å². The number of halogens is 1. The molecule has 0 aromatic heterocycles. The van der Waals surface area contributed by atoms with Gasteiger partial charge in [0.25, 0.3) is 0 Å². The van der Waals surface area contributed by atoms with Gasteiger partial charge in [0.2, 0.25) is 5.82 Å². The maximum absolute atomic E-state index is 13.5. The van der Waals surface area contributed by atoms with E-state index in [-0.39, 0.29) is 17.4 Å². The summed E-state index contributed by atoms with van der Waals surface area (Å²) in [6, 6.07) is 5.08. The molecule has 0 heterocycles. The molecule has 1 unspecified atom stereocenters. The molecule has 0 aliphatic rings. The highest BCUT2D eigenvalue weighted by atomic mass is 19.1. The van der Waals surface area contributed by atoms with Gasteiger partial charge in [-0.05, 0) is 24.6 Å². The van der Waals surface area contributed by atoms with Crippen LogP contribution in [-0.4, -0.2) is 14.2 Å². The summed E-state index contributed by atoms with van der Waals surface area (Å²) in [5.41, 5.74) is 0.674. The molecule has 1 rings (SSSR count). The van der Waals surface area contributed by atoms with Crippen molar-refractivity contribution in [2.45, 2.75) is 12.8 Å². The van der Waals surface area contributed by atoms with Gasteiger partial charge >= 0.3 is 0 Å². The van der Waals surface area contributed by atoms with Crippen molar-refractivity contribution in [2.75, 3.05) is 14.2 Å². The van der Waals surface area contributed by atoms with E-state index in [1.807, 2.05) is 0 Å². The quantitative estimate of drug-likeness (QED) is 0.767. The minimum Gasteiger partial charge on any atom is -0.494 e. The van der Waals surface area contributed by atoms with Gasteiger partial charge in [0, 0.05) is 0 Å². The standard InChI is InChI=1S/C11H12FNO2/c1-7(6-13)8-4-9(14-2)11(12)10(5-8)15-3/h4-5,7H,1-3H3. The van der Waals surface area contributed by atoms with Crippen molar-refractivity contribution in [3.05, 3.63) is 23.5 Å². The summed E-state index contributed by atoms with van der Waals surface area (Å²) in [4.78, 5) is 0. The van der Waals surface area contributed by atoms with Crippen LogP contribution in [0, 0.1) is 17.1 Å². The molecule has 15 heavy (non-hydrogen) atoms. The Morgan fingerprint density at radius 1 is 1.27 bits per heavy atom. The summed E-state index contributed by atoms with van der Waals surface area (Å²) >= 11 is 0. The van der Waals surface area contributed by atoms with E-state index in [0.29, 0.717) is 5.56 Å². The van der Waals surface area contributed by atoms with E-state index in [4.69, 9.17) is 14.7 Å². The van der Waals surface area contributed by atoms with Gasteiger partial charge < -0.3 is 9.47 Å². The fourth-order valence-electron chi connectivity index (χ4n) is 1.21. The fraction of sp³-hybridized carbons (Fsp3) is 0.364. The maximum Gasteiger partial charge on any atom is 0.206 e. The van der Waals surface area contributed by atoms with E-state index in [0.717, 1.165) is 0 Å². The van der Waals surface area contributed by atoms with Gasteiger partial charge in [0.05, 0.1) is 26.2 Å². The molecule has 0 saturated heterocycles. The monoisotopic (exact) mass is 209 g/mol. The molecule has 0 fully saturated rings. The van der Waals surface area contributed by atoms with Crippen molar-refractivity contribution in [3.63, 3.8) is 0 Å². The normalized spacial score (nSPS) is 11.7. The van der Waals surface area contributed by atoms with Crippen molar-refractivity contribution >= 4 is 0 Å². The first-order valence-electron chi connectivity index (χ1n) is 4.45. The average molecular weight is 209 g/mol. The molecule has 1 aromatic carbocycles. The third-order valence-corrected chi connectivity index (χ3v) is 2.16. The highest BCUT2D eigenvalue weighted by Crippen LogP contribution is 2.31. The predicted octanol–water partition coefficient (Wildman–Crippen LogP) is 2.47. The molecule has 4 heteroatoms. The number of hydrogen-bond acceptors (Lipinski definition) is 3. The Morgan fingerprint density at radius 3 is 2.07 bits per heavy atom. The summed E-state index contributed by atoms with van der Waals surface area (Å²) in [6.45, 7) is 1.73. The second kappa shape index (κ2) is 4.65. The highest BCUT2D eigenvalue weighted by Gasteiger charge is 2.14. The molecular formula is C11H12FNO2. The molecule has 0 bridgehead atoms. The van der Waals surface area contributed by atoms with Gasteiger partial charge in [-0.1, -0.05) is 0 Å². The Hall–Kier alpha value is -1.76. The molecule has 80 valence electrons. The molecule has 0 spiro atoms. The lowest BCUT2D eigenvalue weighted by molar-refractivity contribution is 0.349. The molecule has 1 atom stereocenters. The minimum absolute atomic E-state index is 0.0893. The third kappa shape index (κ3) is 2.18. The SMILES string of the molecule is COc1cc(C(C)C#N)cc(OC)c1F. The molecular weight excluding hydrogens is 197 g/mol. The molecule has 0 amide bonds. The molecule has 0 radical (unpaired) electrons. The van der Waals surface area contributed by atoms with Gasteiger partial charge in [-0.15, -0.1) is 0 Å². The Labute approximate surface area is 88.0 Å². The van der Waals surface area contributed by atoms with Crippen LogP contribution >= 0.6 is 0 Å². The Kier molecular flexibility index (Phi) is 3.51. The van der Waals surface area contributed by atoms with Crippen LogP contribution in [0.1, 0.15) is 18.4 Å². The van der Waals surface area contributed by atoms with Crippen molar-refractivity contribution in [2.24, 2.45) is 0 Å². The van der Waals surface area contributed by atoms with Crippen molar-refractivity contribution in [1.29, 1.82) is 5.26 Å². The van der Waals surface area contributed by atoms with Gasteiger partial charge in [0.1, 0.15) is 0 Å². The lowest BCUT2D eigenvalue weighted by atomic mass is 10.0. The number of ether oxygens (including phenoxy) is 2. The maximum atomic E-state index is 13.5. The lowest BCUT2D eigenvalue weighted by Crippen LogP contribution is -1.98. The van der Waals surface area contributed by atoms with E-state index < -0.39 is 5.82 Å². The molecule has 0 aliphatic carbocycles. The van der Waals surface area contributed by atoms with Gasteiger partial charge in [-0.3, -0.25) is 0 Å². The van der Waals surface area contributed by atoms with Crippen LogP contribution in [0.2, 0.25) is 0 Å². The zero-order valence-corrected chi connectivity index (χ0v) is 8.87. The first-order chi connectivity index (χ1) is 7.13. The van der Waals surface area contributed by atoms with E-state index in [1.54, 1.807) is 6.92 Å². The molecule has 0 N–H and O–H groups in total. The summed E-state index contributed by atoms with van der Waals surface area (Å²) in [6.07, 6.45) is 0. The van der Waals surface area contributed by atoms with E-state index in [1.165, 1.54) is 26.4 Å².